The summed E-state index contributed by atoms with van der Waals surface area (Å²) in [5.41, 5.74) is -0.899. The molecule has 1 saturated carbocycles. The summed E-state index contributed by atoms with van der Waals surface area (Å²) in [6, 6.07) is 3.22. The molecule has 0 aliphatic heterocycles. The number of hydrogen-bond donors (Lipinski definition) is 2. The first-order valence-electron chi connectivity index (χ1n) is 4.98. The number of carbonyl (C=O) groups is 1. The molecule has 0 spiro atoms. The molecule has 1 heterocycles. The molecular weight excluding hydrogens is 209 g/mol. The summed E-state index contributed by atoms with van der Waals surface area (Å²) < 4.78 is 12.7. The van der Waals surface area contributed by atoms with Crippen molar-refractivity contribution in [3.63, 3.8) is 0 Å². The zero-order valence-electron chi connectivity index (χ0n) is 9.10. The molecule has 1 amide bonds. The Morgan fingerprint density at radius 2 is 2.31 bits per heavy atom. The van der Waals surface area contributed by atoms with Crippen molar-refractivity contribution in [2.45, 2.75) is 25.8 Å². The van der Waals surface area contributed by atoms with Gasteiger partial charge in [0, 0.05) is 17.7 Å². The van der Waals surface area contributed by atoms with Gasteiger partial charge >= 0.3 is 0 Å². The van der Waals surface area contributed by atoms with Gasteiger partial charge < -0.3 is 10.3 Å². The largest absolute Gasteiger partial charge is 0.355 e. The number of nitrogens with zero attached hydrogens (tertiary/aromatic N) is 1. The van der Waals surface area contributed by atoms with Gasteiger partial charge in [0.05, 0.1) is 6.07 Å². The van der Waals surface area contributed by atoms with Crippen LogP contribution in [0.2, 0.25) is 0 Å². The molecule has 1 unspecified atom stereocenters. The average Bonchev–Trinajstić information content (AvgIpc) is 2.59. The fourth-order valence-corrected chi connectivity index (χ4v) is 1.81. The first-order chi connectivity index (χ1) is 7.40. The number of rotatable bonds is 2. The number of amides is 1. The van der Waals surface area contributed by atoms with E-state index in [1.807, 2.05) is 13.8 Å². The highest BCUT2D eigenvalue weighted by Gasteiger charge is 2.63. The number of nitrogens with one attached hydrogen (secondary N) is 2. The first kappa shape index (κ1) is 10.7. The van der Waals surface area contributed by atoms with Crippen LogP contribution in [0.15, 0.2) is 12.3 Å². The van der Waals surface area contributed by atoms with Crippen LogP contribution in [0.1, 0.15) is 30.8 Å². The molecule has 5 heteroatoms. The van der Waals surface area contributed by atoms with Gasteiger partial charge in [0.15, 0.2) is 0 Å². The van der Waals surface area contributed by atoms with E-state index in [1.54, 1.807) is 0 Å². The SMILES string of the molecule is CC1(C)CC1(C#N)NC(=O)c1cc(F)c[nH]1. The quantitative estimate of drug-likeness (QED) is 0.796. The standard InChI is InChI=1S/C11H12FN3O/c1-10(2)5-11(10,6-13)15-9(16)8-3-7(12)4-14-8/h3-4,14H,5H2,1-2H3,(H,15,16). The monoisotopic (exact) mass is 221 g/mol. The van der Waals surface area contributed by atoms with Crippen molar-refractivity contribution in [2.24, 2.45) is 5.41 Å². The van der Waals surface area contributed by atoms with Crippen molar-refractivity contribution in [2.75, 3.05) is 0 Å². The van der Waals surface area contributed by atoms with Gasteiger partial charge in [0.25, 0.3) is 5.91 Å². The molecule has 2 N–H and O–H groups in total. The van der Waals surface area contributed by atoms with E-state index in [4.69, 9.17) is 5.26 Å². The Kier molecular flexibility index (Phi) is 2.06. The number of carbonyl (C=O) groups excluding carboxylic acids is 1. The number of nitriles is 1. The van der Waals surface area contributed by atoms with E-state index in [1.165, 1.54) is 0 Å². The van der Waals surface area contributed by atoms with E-state index in [0.717, 1.165) is 12.3 Å². The first-order valence-corrected chi connectivity index (χ1v) is 4.98. The van der Waals surface area contributed by atoms with E-state index in [9.17, 15) is 9.18 Å². The molecule has 0 aromatic carbocycles. The maximum absolute atomic E-state index is 12.7. The maximum Gasteiger partial charge on any atom is 0.269 e. The van der Waals surface area contributed by atoms with E-state index in [0.29, 0.717) is 6.42 Å². The molecule has 2 rings (SSSR count). The lowest BCUT2D eigenvalue weighted by atomic mass is 10.1. The summed E-state index contributed by atoms with van der Waals surface area (Å²) in [6.07, 6.45) is 1.72. The topological polar surface area (TPSA) is 68.7 Å². The van der Waals surface area contributed by atoms with Gasteiger partial charge in [-0.05, 0) is 6.42 Å². The smallest absolute Gasteiger partial charge is 0.269 e. The number of hydrogen-bond acceptors (Lipinski definition) is 2. The number of halogens is 1. The minimum absolute atomic E-state index is 0.134. The highest BCUT2D eigenvalue weighted by molar-refractivity contribution is 5.93. The third-order valence-electron chi connectivity index (χ3n) is 3.15. The van der Waals surface area contributed by atoms with E-state index in [-0.39, 0.29) is 11.1 Å². The molecular formula is C11H12FN3O. The molecule has 0 saturated heterocycles. The molecule has 1 fully saturated rings. The Hall–Kier alpha value is -1.83. The van der Waals surface area contributed by atoms with Gasteiger partial charge in [0.1, 0.15) is 17.1 Å². The van der Waals surface area contributed by atoms with Crippen LogP contribution in [0.4, 0.5) is 4.39 Å². The van der Waals surface area contributed by atoms with Crippen molar-refractivity contribution >= 4 is 5.91 Å². The van der Waals surface area contributed by atoms with Crippen LogP contribution in [0.25, 0.3) is 0 Å². The average molecular weight is 221 g/mol. The zero-order valence-corrected chi connectivity index (χ0v) is 9.10. The molecule has 84 valence electrons. The predicted molar refractivity (Wildman–Crippen MR) is 55.0 cm³/mol. The molecule has 1 aromatic rings. The third kappa shape index (κ3) is 1.47. The van der Waals surface area contributed by atoms with Gasteiger partial charge in [-0.2, -0.15) is 5.26 Å². The molecule has 1 aliphatic carbocycles. The second kappa shape index (κ2) is 3.08. The summed E-state index contributed by atoms with van der Waals surface area (Å²) in [7, 11) is 0. The number of H-pyrrole nitrogens is 1. The van der Waals surface area contributed by atoms with Crippen LogP contribution >= 0.6 is 0 Å². The second-order valence-electron chi connectivity index (χ2n) is 4.76. The van der Waals surface area contributed by atoms with Crippen LogP contribution < -0.4 is 5.32 Å². The second-order valence-corrected chi connectivity index (χ2v) is 4.76. The lowest BCUT2D eigenvalue weighted by molar-refractivity contribution is 0.0930. The Bertz CT molecular complexity index is 486. The molecule has 0 radical (unpaired) electrons. The summed E-state index contributed by atoms with van der Waals surface area (Å²) in [4.78, 5) is 14.2. The van der Waals surface area contributed by atoms with Crippen molar-refractivity contribution in [1.82, 2.24) is 10.3 Å². The van der Waals surface area contributed by atoms with E-state index >= 15 is 0 Å². The minimum atomic E-state index is -0.814. The minimum Gasteiger partial charge on any atom is -0.355 e. The maximum atomic E-state index is 12.7. The van der Waals surface area contributed by atoms with E-state index in [2.05, 4.69) is 16.4 Å². The fraction of sp³-hybridized carbons (Fsp3) is 0.455. The van der Waals surface area contributed by atoms with Gasteiger partial charge in [0.2, 0.25) is 0 Å². The Labute approximate surface area is 92.5 Å². The molecule has 16 heavy (non-hydrogen) atoms. The third-order valence-corrected chi connectivity index (χ3v) is 3.15. The van der Waals surface area contributed by atoms with Crippen molar-refractivity contribution in [1.29, 1.82) is 5.26 Å². The zero-order chi connectivity index (χ0) is 12.0. The van der Waals surface area contributed by atoms with Gasteiger partial charge in [-0.15, -0.1) is 0 Å². The number of aromatic nitrogens is 1. The molecule has 1 aromatic heterocycles. The molecule has 1 atom stereocenters. The summed E-state index contributed by atoms with van der Waals surface area (Å²) >= 11 is 0. The summed E-state index contributed by atoms with van der Waals surface area (Å²) in [6.45, 7) is 3.82. The van der Waals surface area contributed by atoms with Crippen LogP contribution in [-0.4, -0.2) is 16.4 Å². The lowest BCUT2D eigenvalue weighted by Crippen LogP contribution is -2.39. The predicted octanol–water partition coefficient (Wildman–Crippen LogP) is 1.58. The van der Waals surface area contributed by atoms with Crippen molar-refractivity contribution < 1.29 is 9.18 Å². The van der Waals surface area contributed by atoms with Gasteiger partial charge in [-0.1, -0.05) is 13.8 Å². The normalized spacial score (nSPS) is 25.9. The Balaban J connectivity index is 2.13. The molecule has 4 nitrogen and oxygen atoms in total. The highest BCUT2D eigenvalue weighted by Crippen LogP contribution is 2.55. The Morgan fingerprint density at radius 1 is 1.69 bits per heavy atom. The van der Waals surface area contributed by atoms with Crippen molar-refractivity contribution in [3.8, 4) is 6.07 Å². The van der Waals surface area contributed by atoms with Crippen molar-refractivity contribution in [3.05, 3.63) is 23.8 Å². The fourth-order valence-electron chi connectivity index (χ4n) is 1.81. The van der Waals surface area contributed by atoms with Crippen LogP contribution in [0.3, 0.4) is 0 Å². The van der Waals surface area contributed by atoms with Gasteiger partial charge in [-0.25, -0.2) is 4.39 Å². The van der Waals surface area contributed by atoms with E-state index < -0.39 is 17.3 Å². The van der Waals surface area contributed by atoms with Gasteiger partial charge in [-0.3, -0.25) is 4.79 Å². The highest BCUT2D eigenvalue weighted by atomic mass is 19.1. The lowest BCUT2D eigenvalue weighted by Gasteiger charge is -2.13. The molecule has 1 aliphatic rings. The number of aromatic amines is 1. The Morgan fingerprint density at radius 3 is 2.69 bits per heavy atom. The van der Waals surface area contributed by atoms with Crippen LogP contribution in [0.5, 0.6) is 0 Å². The summed E-state index contributed by atoms with van der Waals surface area (Å²) in [5, 5.41) is 11.7. The summed E-state index contributed by atoms with van der Waals surface area (Å²) in [5.74, 6) is -0.942. The van der Waals surface area contributed by atoms with Crippen LogP contribution in [-0.2, 0) is 0 Å². The van der Waals surface area contributed by atoms with Crippen LogP contribution in [0, 0.1) is 22.6 Å². The molecule has 0 bridgehead atoms.